The molecule has 0 saturated heterocycles. The van der Waals surface area contributed by atoms with Crippen molar-refractivity contribution in [3.63, 3.8) is 0 Å². The van der Waals surface area contributed by atoms with Crippen LogP contribution in [0.15, 0.2) is 91.8 Å². The second-order valence-corrected chi connectivity index (χ2v) is 6.90. The van der Waals surface area contributed by atoms with E-state index in [1.54, 1.807) is 36.4 Å². The number of hydrogen-bond acceptors (Lipinski definition) is 5. The summed E-state index contributed by atoms with van der Waals surface area (Å²) >= 11 is 1.51. The van der Waals surface area contributed by atoms with E-state index < -0.39 is 5.63 Å². The summed E-state index contributed by atoms with van der Waals surface area (Å²) in [7, 11) is 0. The molecule has 1 heterocycles. The van der Waals surface area contributed by atoms with Crippen LogP contribution >= 0.6 is 11.8 Å². The zero-order chi connectivity index (χ0) is 18.1. The number of fused-ring (bicyclic) bond motifs is 1. The number of aromatic hydroxyl groups is 2. The molecule has 0 fully saturated rings. The second-order valence-electron chi connectivity index (χ2n) is 5.76. The van der Waals surface area contributed by atoms with Crippen molar-refractivity contribution in [2.24, 2.45) is 0 Å². The molecule has 5 heteroatoms. The molecule has 2 aromatic rings. The summed E-state index contributed by atoms with van der Waals surface area (Å²) in [6.07, 6.45) is 0. The Kier molecular flexibility index (Phi) is 4.14. The Bertz CT molecular complexity index is 1080. The van der Waals surface area contributed by atoms with Crippen molar-refractivity contribution < 1.29 is 14.6 Å². The smallest absolute Gasteiger partial charge is 0.344 e. The first-order valence-corrected chi connectivity index (χ1v) is 8.75. The van der Waals surface area contributed by atoms with Gasteiger partial charge in [0, 0.05) is 15.4 Å². The van der Waals surface area contributed by atoms with Crippen molar-refractivity contribution in [1.29, 1.82) is 0 Å². The van der Waals surface area contributed by atoms with Crippen molar-refractivity contribution in [3.8, 4) is 33.9 Å². The zero-order valence-corrected chi connectivity index (χ0v) is 14.4. The van der Waals surface area contributed by atoms with Crippen molar-refractivity contribution in [1.82, 2.24) is 0 Å². The maximum Gasteiger partial charge on any atom is 0.344 e. The molecule has 26 heavy (non-hydrogen) atoms. The van der Waals surface area contributed by atoms with Gasteiger partial charge in [0.1, 0.15) is 17.3 Å². The summed E-state index contributed by atoms with van der Waals surface area (Å²) in [6, 6.07) is 20.9. The number of phenols is 2. The lowest BCUT2D eigenvalue weighted by molar-refractivity contribution is 0.474. The lowest BCUT2D eigenvalue weighted by atomic mass is 10.0. The maximum absolute atomic E-state index is 12.4. The van der Waals surface area contributed by atoms with Crippen LogP contribution in [-0.4, -0.2) is 10.2 Å². The van der Waals surface area contributed by atoms with Crippen LogP contribution < -0.4 is 5.63 Å². The number of hydrogen-bond donors (Lipinski definition) is 2. The van der Waals surface area contributed by atoms with Gasteiger partial charge in [-0.15, -0.1) is 0 Å². The number of phenolic OH excluding ortho intramolecular Hbond substituents is 2. The molecule has 0 aromatic heterocycles. The summed E-state index contributed by atoms with van der Waals surface area (Å²) in [5.41, 5.74) is 1.50. The molecule has 1 aliphatic heterocycles. The average Bonchev–Trinajstić information content (AvgIpc) is 2.80. The molecule has 0 amide bonds. The second kappa shape index (κ2) is 6.61. The Balaban J connectivity index is 1.74. The zero-order valence-electron chi connectivity index (χ0n) is 13.5. The molecule has 0 saturated carbocycles. The Morgan fingerprint density at radius 1 is 0.769 bits per heavy atom. The molecule has 0 unspecified atom stereocenters. The van der Waals surface area contributed by atoms with Gasteiger partial charge < -0.3 is 14.6 Å². The van der Waals surface area contributed by atoms with Crippen LogP contribution in [0.5, 0.6) is 11.5 Å². The van der Waals surface area contributed by atoms with Gasteiger partial charge in [-0.25, -0.2) is 4.79 Å². The van der Waals surface area contributed by atoms with E-state index in [4.69, 9.17) is 4.42 Å². The highest BCUT2D eigenvalue weighted by molar-refractivity contribution is 7.99. The number of furan rings is 1. The fourth-order valence-electron chi connectivity index (χ4n) is 2.74. The molecule has 1 aliphatic carbocycles. The first-order valence-electron chi connectivity index (χ1n) is 7.93. The molecule has 2 N–H and O–H groups in total. The van der Waals surface area contributed by atoms with Crippen LogP contribution in [0.2, 0.25) is 0 Å². The highest BCUT2D eigenvalue weighted by atomic mass is 32.2. The van der Waals surface area contributed by atoms with Crippen LogP contribution in [0.25, 0.3) is 22.5 Å². The van der Waals surface area contributed by atoms with Crippen molar-refractivity contribution >= 4 is 11.8 Å². The summed E-state index contributed by atoms with van der Waals surface area (Å²) in [5.74, 6) is 0.868. The van der Waals surface area contributed by atoms with Gasteiger partial charge in [-0.05, 0) is 54.1 Å². The van der Waals surface area contributed by atoms with Crippen LogP contribution in [-0.2, 0) is 0 Å². The molecular weight excluding hydrogens is 348 g/mol. The van der Waals surface area contributed by atoms with Crippen LogP contribution in [0, 0.1) is 0 Å². The lowest BCUT2D eigenvalue weighted by Crippen LogP contribution is -1.95. The monoisotopic (exact) mass is 362 g/mol. The topological polar surface area (TPSA) is 70.7 Å². The fraction of sp³-hybridized carbons (Fsp3) is 0. The summed E-state index contributed by atoms with van der Waals surface area (Å²) in [6.45, 7) is 0. The van der Waals surface area contributed by atoms with Gasteiger partial charge in [-0.2, -0.15) is 0 Å². The van der Waals surface area contributed by atoms with Gasteiger partial charge in [0.2, 0.25) is 0 Å². The Morgan fingerprint density at radius 2 is 1.42 bits per heavy atom. The van der Waals surface area contributed by atoms with E-state index in [1.165, 1.54) is 11.8 Å². The Hall–Kier alpha value is -3.18. The lowest BCUT2D eigenvalue weighted by Gasteiger charge is -2.00. The predicted octanol–water partition coefficient (Wildman–Crippen LogP) is 4.97. The van der Waals surface area contributed by atoms with Gasteiger partial charge in [-0.3, -0.25) is 0 Å². The molecule has 0 atom stereocenters. The molecule has 2 aliphatic rings. The first kappa shape index (κ1) is 16.3. The first-order chi connectivity index (χ1) is 12.6. The van der Waals surface area contributed by atoms with E-state index in [1.807, 2.05) is 36.4 Å². The number of rotatable bonds is 3. The third-order valence-electron chi connectivity index (χ3n) is 3.97. The van der Waals surface area contributed by atoms with E-state index in [-0.39, 0.29) is 11.5 Å². The standard InChI is InChI=1S/C21H14O4S/c22-14-6-4-13(5-7-14)20-18-3-1-2-17(12-19(18)25-21(20)24)26-16-10-8-15(23)9-11-16/h1-12,22-23H. The average molecular weight is 362 g/mol. The maximum atomic E-state index is 12.4. The summed E-state index contributed by atoms with van der Waals surface area (Å²) in [5, 5.41) is 18.8. The third kappa shape index (κ3) is 3.17. The van der Waals surface area contributed by atoms with E-state index in [0.29, 0.717) is 16.9 Å². The van der Waals surface area contributed by atoms with E-state index in [0.717, 1.165) is 15.4 Å². The summed E-state index contributed by atoms with van der Waals surface area (Å²) in [4.78, 5) is 14.3. The predicted molar refractivity (Wildman–Crippen MR) is 101 cm³/mol. The van der Waals surface area contributed by atoms with Crippen LogP contribution in [0.1, 0.15) is 0 Å². The van der Waals surface area contributed by atoms with E-state index in [9.17, 15) is 15.0 Å². The largest absolute Gasteiger partial charge is 0.508 e. The molecule has 0 radical (unpaired) electrons. The van der Waals surface area contributed by atoms with E-state index in [2.05, 4.69) is 0 Å². The molecule has 0 spiro atoms. The highest BCUT2D eigenvalue weighted by Gasteiger charge is 2.19. The highest BCUT2D eigenvalue weighted by Crippen LogP contribution is 2.36. The van der Waals surface area contributed by atoms with Gasteiger partial charge in [-0.1, -0.05) is 36.0 Å². The fourth-order valence-corrected chi connectivity index (χ4v) is 3.60. The normalized spacial score (nSPS) is 10.9. The Morgan fingerprint density at radius 3 is 2.12 bits per heavy atom. The minimum absolute atomic E-state index is 0.145. The van der Waals surface area contributed by atoms with Crippen LogP contribution in [0.3, 0.4) is 0 Å². The molecule has 4 nitrogen and oxygen atoms in total. The van der Waals surface area contributed by atoms with E-state index >= 15 is 0 Å². The third-order valence-corrected chi connectivity index (χ3v) is 4.96. The minimum Gasteiger partial charge on any atom is -0.508 e. The Labute approximate surface area is 153 Å². The quantitative estimate of drug-likeness (QED) is 0.538. The van der Waals surface area contributed by atoms with Crippen molar-refractivity contribution in [3.05, 3.63) is 83.2 Å². The van der Waals surface area contributed by atoms with Gasteiger partial charge >= 0.3 is 5.63 Å². The molecule has 0 bridgehead atoms. The van der Waals surface area contributed by atoms with Crippen molar-refractivity contribution in [2.45, 2.75) is 9.79 Å². The molecule has 4 rings (SSSR count). The van der Waals surface area contributed by atoms with Gasteiger partial charge in [0.25, 0.3) is 0 Å². The van der Waals surface area contributed by atoms with Crippen LogP contribution in [0.4, 0.5) is 0 Å². The van der Waals surface area contributed by atoms with Gasteiger partial charge in [0.15, 0.2) is 0 Å². The molecule has 128 valence electrons. The number of benzene rings is 2. The molecular formula is C21H14O4S. The van der Waals surface area contributed by atoms with Crippen molar-refractivity contribution in [2.75, 3.05) is 0 Å². The minimum atomic E-state index is -0.405. The summed E-state index contributed by atoms with van der Waals surface area (Å²) < 4.78 is 5.47. The SMILES string of the molecule is O=c1oc2cc(Sc3ccc(O)cc3)cccc-2c1-c1ccc(O)cc1. The van der Waals surface area contributed by atoms with Gasteiger partial charge in [0.05, 0.1) is 5.56 Å². The molecule has 2 aromatic carbocycles.